The third-order valence-electron chi connectivity index (χ3n) is 4.08. The third-order valence-corrected chi connectivity index (χ3v) is 4.32. The molecule has 0 aliphatic rings. The van der Waals surface area contributed by atoms with E-state index in [0.717, 1.165) is 5.56 Å². The lowest BCUT2D eigenvalue weighted by molar-refractivity contribution is 0.102. The van der Waals surface area contributed by atoms with Crippen molar-refractivity contribution in [1.29, 1.82) is 0 Å². The van der Waals surface area contributed by atoms with Gasteiger partial charge in [0.05, 0.1) is 22.9 Å². The van der Waals surface area contributed by atoms with E-state index in [1.165, 1.54) is 0 Å². The van der Waals surface area contributed by atoms with Crippen LogP contribution in [0.3, 0.4) is 0 Å². The molecule has 0 saturated heterocycles. The van der Waals surface area contributed by atoms with Gasteiger partial charge in [-0.2, -0.15) is 0 Å². The van der Waals surface area contributed by atoms with E-state index in [1.807, 2.05) is 13.0 Å². The molecule has 0 aliphatic carbocycles. The second-order valence-electron chi connectivity index (χ2n) is 5.89. The fourth-order valence-electron chi connectivity index (χ4n) is 2.74. The fourth-order valence-corrected chi connectivity index (χ4v) is 2.91. The summed E-state index contributed by atoms with van der Waals surface area (Å²) >= 11 is 6.04. The van der Waals surface area contributed by atoms with Gasteiger partial charge in [0.2, 0.25) is 0 Å². The number of benzene rings is 1. The van der Waals surface area contributed by atoms with Gasteiger partial charge in [-0.1, -0.05) is 22.8 Å². The summed E-state index contributed by atoms with van der Waals surface area (Å²) in [4.78, 5) is 17.4. The second kappa shape index (κ2) is 6.31. The third kappa shape index (κ3) is 2.84. The number of fused-ring (bicyclic) bond motifs is 1. The van der Waals surface area contributed by atoms with Crippen molar-refractivity contribution in [3.63, 3.8) is 0 Å². The Labute approximate surface area is 153 Å². The summed E-state index contributed by atoms with van der Waals surface area (Å²) in [5.41, 5.74) is 3.31. The number of carbonyl (C=O) groups is 1. The Kier molecular flexibility index (Phi) is 3.97. The smallest absolute Gasteiger partial charge is 0.259 e. The minimum atomic E-state index is -0.304. The highest BCUT2D eigenvalue weighted by molar-refractivity contribution is 6.31. The van der Waals surface area contributed by atoms with Crippen molar-refractivity contribution >= 4 is 34.3 Å². The van der Waals surface area contributed by atoms with Crippen LogP contribution in [0.25, 0.3) is 22.6 Å². The zero-order chi connectivity index (χ0) is 18.3. The Morgan fingerprint density at radius 1 is 1.19 bits per heavy atom. The van der Waals surface area contributed by atoms with Gasteiger partial charge in [0.25, 0.3) is 11.6 Å². The fraction of sp³-hybridized carbons (Fsp3) is 0.105. The van der Waals surface area contributed by atoms with Gasteiger partial charge < -0.3 is 14.3 Å². The Balaban J connectivity index is 1.82. The molecule has 3 aromatic heterocycles. The van der Waals surface area contributed by atoms with Gasteiger partial charge in [-0.25, -0.2) is 4.98 Å². The van der Waals surface area contributed by atoms with Crippen molar-refractivity contribution in [2.75, 3.05) is 5.32 Å². The number of nitrogens with zero attached hydrogens (tertiary/aromatic N) is 2. The predicted octanol–water partition coefficient (Wildman–Crippen LogP) is 5.01. The number of halogens is 1. The quantitative estimate of drug-likeness (QED) is 0.550. The number of hydrogen-bond donors (Lipinski definition) is 1. The number of nitrogens with one attached hydrogen (secondary N) is 1. The summed E-state index contributed by atoms with van der Waals surface area (Å²) in [5, 5.41) is 7.94. The lowest BCUT2D eigenvalue weighted by Gasteiger charge is -2.10. The second-order valence-corrected chi connectivity index (χ2v) is 6.33. The van der Waals surface area contributed by atoms with Crippen LogP contribution in [-0.2, 0) is 0 Å². The standard InChI is InChI=1S/C19H14ClN3O3/c1-10-5-6-12(20)8-14(10)21-18(24)13-9-15(16-4-3-7-25-16)22-19-17(13)11(2)23-26-19/h3-9H,1-2H3,(H,21,24). The maximum Gasteiger partial charge on any atom is 0.259 e. The summed E-state index contributed by atoms with van der Waals surface area (Å²) in [6.07, 6.45) is 1.54. The topological polar surface area (TPSA) is 81.2 Å². The van der Waals surface area contributed by atoms with E-state index in [1.54, 1.807) is 43.5 Å². The summed E-state index contributed by atoms with van der Waals surface area (Å²) in [6.45, 7) is 3.66. The summed E-state index contributed by atoms with van der Waals surface area (Å²) in [6, 6.07) is 10.5. The van der Waals surface area contributed by atoms with Crippen LogP contribution in [0.1, 0.15) is 21.6 Å². The normalized spacial score (nSPS) is 11.0. The molecule has 1 aromatic carbocycles. The number of aryl methyl sites for hydroxylation is 2. The van der Waals surface area contributed by atoms with E-state index in [4.69, 9.17) is 20.5 Å². The van der Waals surface area contributed by atoms with Crippen molar-refractivity contribution in [3.05, 3.63) is 64.5 Å². The van der Waals surface area contributed by atoms with Crippen molar-refractivity contribution in [3.8, 4) is 11.5 Å². The maximum absolute atomic E-state index is 13.0. The minimum Gasteiger partial charge on any atom is -0.463 e. The first-order valence-corrected chi connectivity index (χ1v) is 8.29. The first-order valence-electron chi connectivity index (χ1n) is 7.91. The molecular formula is C19H14ClN3O3. The molecule has 0 radical (unpaired) electrons. The van der Waals surface area contributed by atoms with Crippen LogP contribution in [0, 0.1) is 13.8 Å². The largest absolute Gasteiger partial charge is 0.463 e. The molecule has 0 bridgehead atoms. The minimum absolute atomic E-state index is 0.282. The summed E-state index contributed by atoms with van der Waals surface area (Å²) in [7, 11) is 0. The van der Waals surface area contributed by atoms with Gasteiger partial charge in [0.1, 0.15) is 5.69 Å². The average Bonchev–Trinajstić information content (AvgIpc) is 3.28. The number of pyridine rings is 1. The molecule has 1 amide bonds. The highest BCUT2D eigenvalue weighted by atomic mass is 35.5. The van der Waals surface area contributed by atoms with Crippen LogP contribution in [0.5, 0.6) is 0 Å². The zero-order valence-electron chi connectivity index (χ0n) is 14.0. The van der Waals surface area contributed by atoms with Crippen LogP contribution < -0.4 is 5.32 Å². The van der Waals surface area contributed by atoms with E-state index < -0.39 is 0 Å². The van der Waals surface area contributed by atoms with E-state index in [-0.39, 0.29) is 11.6 Å². The Morgan fingerprint density at radius 2 is 2.04 bits per heavy atom. The molecule has 0 unspecified atom stereocenters. The Hall–Kier alpha value is -3.12. The molecule has 0 aliphatic heterocycles. The highest BCUT2D eigenvalue weighted by Gasteiger charge is 2.20. The Bertz CT molecular complexity index is 1120. The van der Waals surface area contributed by atoms with Crippen molar-refractivity contribution < 1.29 is 13.7 Å². The molecule has 1 N–H and O–H groups in total. The number of hydrogen-bond acceptors (Lipinski definition) is 5. The van der Waals surface area contributed by atoms with Gasteiger partial charge in [-0.05, 0) is 49.7 Å². The SMILES string of the molecule is Cc1ccc(Cl)cc1NC(=O)c1cc(-c2ccco2)nc2onc(C)c12. The molecule has 4 aromatic rings. The number of carbonyl (C=O) groups excluding carboxylic acids is 1. The molecule has 4 rings (SSSR count). The number of rotatable bonds is 3. The van der Waals surface area contributed by atoms with Crippen molar-refractivity contribution in [1.82, 2.24) is 10.1 Å². The van der Waals surface area contributed by atoms with Gasteiger partial charge in [0.15, 0.2) is 5.76 Å². The van der Waals surface area contributed by atoms with E-state index in [9.17, 15) is 4.79 Å². The molecule has 0 fully saturated rings. The monoisotopic (exact) mass is 367 g/mol. The highest BCUT2D eigenvalue weighted by Crippen LogP contribution is 2.28. The van der Waals surface area contributed by atoms with Crippen LogP contribution in [0.2, 0.25) is 5.02 Å². The van der Waals surface area contributed by atoms with E-state index >= 15 is 0 Å². The van der Waals surface area contributed by atoms with Crippen LogP contribution >= 0.6 is 11.6 Å². The predicted molar refractivity (Wildman–Crippen MR) is 98.4 cm³/mol. The molecule has 0 saturated carbocycles. The number of anilines is 1. The molecule has 3 heterocycles. The number of furan rings is 1. The molecule has 130 valence electrons. The van der Waals surface area contributed by atoms with E-state index in [2.05, 4.69) is 15.5 Å². The maximum atomic E-state index is 13.0. The Morgan fingerprint density at radius 3 is 2.81 bits per heavy atom. The number of amides is 1. The lowest BCUT2D eigenvalue weighted by Crippen LogP contribution is -2.14. The van der Waals surface area contributed by atoms with Crippen molar-refractivity contribution in [2.45, 2.75) is 13.8 Å². The van der Waals surface area contributed by atoms with Crippen LogP contribution in [-0.4, -0.2) is 16.0 Å². The van der Waals surface area contributed by atoms with Gasteiger partial charge in [0, 0.05) is 10.7 Å². The first kappa shape index (κ1) is 16.4. The number of aromatic nitrogens is 2. The van der Waals surface area contributed by atoms with Gasteiger partial charge >= 0.3 is 0 Å². The zero-order valence-corrected chi connectivity index (χ0v) is 14.8. The molecule has 0 spiro atoms. The van der Waals surface area contributed by atoms with Gasteiger partial charge in [-0.15, -0.1) is 0 Å². The van der Waals surface area contributed by atoms with Crippen molar-refractivity contribution in [2.24, 2.45) is 0 Å². The molecular weight excluding hydrogens is 354 g/mol. The van der Waals surface area contributed by atoms with E-state index in [0.29, 0.717) is 38.8 Å². The summed E-state index contributed by atoms with van der Waals surface area (Å²) < 4.78 is 10.7. The lowest BCUT2D eigenvalue weighted by atomic mass is 10.1. The van der Waals surface area contributed by atoms with Crippen LogP contribution in [0.15, 0.2) is 51.6 Å². The molecule has 0 atom stereocenters. The van der Waals surface area contributed by atoms with Crippen LogP contribution in [0.4, 0.5) is 5.69 Å². The molecule has 6 nitrogen and oxygen atoms in total. The molecule has 7 heteroatoms. The first-order chi connectivity index (χ1) is 12.5. The molecule has 26 heavy (non-hydrogen) atoms. The van der Waals surface area contributed by atoms with Gasteiger partial charge in [-0.3, -0.25) is 4.79 Å². The summed E-state index contributed by atoms with van der Waals surface area (Å²) in [5.74, 6) is 0.232. The average molecular weight is 368 g/mol.